The van der Waals surface area contributed by atoms with E-state index in [1.54, 1.807) is 0 Å². The molecule has 1 atom stereocenters. The van der Waals surface area contributed by atoms with E-state index in [2.05, 4.69) is 65.9 Å². The maximum absolute atomic E-state index is 10.7. The van der Waals surface area contributed by atoms with E-state index in [0.717, 1.165) is 22.7 Å². The molecule has 3 rings (SSSR count). The second kappa shape index (κ2) is 12.4. The maximum atomic E-state index is 10.7. The van der Waals surface area contributed by atoms with Gasteiger partial charge < -0.3 is 19.3 Å². The molecule has 34 heavy (non-hydrogen) atoms. The largest absolute Gasteiger partial charge is 0.389 e. The first-order valence-corrected chi connectivity index (χ1v) is 11.6. The highest BCUT2D eigenvalue weighted by molar-refractivity contribution is 5.68. The Balaban J connectivity index is 1.94. The lowest BCUT2D eigenvalue weighted by atomic mass is 10.1. The molecule has 180 valence electrons. The normalized spacial score (nSPS) is 12.2. The van der Waals surface area contributed by atoms with Crippen LogP contribution in [0.2, 0.25) is 0 Å². The minimum absolute atomic E-state index is 0.183. The molecule has 6 nitrogen and oxygen atoms in total. The Morgan fingerprint density at radius 1 is 1.12 bits per heavy atom. The number of benzene rings is 2. The fraction of sp³-hybridized carbons (Fsp3) is 0.393. The molecule has 0 saturated heterocycles. The molecule has 0 unspecified atom stereocenters. The van der Waals surface area contributed by atoms with E-state index in [4.69, 9.17) is 15.7 Å². The van der Waals surface area contributed by atoms with Crippen LogP contribution in [0.4, 0.5) is 5.88 Å². The Labute approximate surface area is 203 Å². The van der Waals surface area contributed by atoms with Crippen molar-refractivity contribution in [2.24, 2.45) is 0 Å². The van der Waals surface area contributed by atoms with Crippen LogP contribution in [0.15, 0.2) is 59.1 Å². The smallest absolute Gasteiger partial charge is 0.232 e. The van der Waals surface area contributed by atoms with E-state index >= 15 is 0 Å². The van der Waals surface area contributed by atoms with Crippen molar-refractivity contribution < 1.29 is 14.4 Å². The van der Waals surface area contributed by atoms with Crippen LogP contribution in [-0.4, -0.2) is 54.1 Å². The molecule has 2 aromatic carbocycles. The summed E-state index contributed by atoms with van der Waals surface area (Å²) in [6, 6.07) is 18.7. The lowest BCUT2D eigenvalue weighted by molar-refractivity contribution is 0.0243. The van der Waals surface area contributed by atoms with Gasteiger partial charge in [-0.05, 0) is 26.3 Å². The van der Waals surface area contributed by atoms with Gasteiger partial charge >= 0.3 is 0 Å². The van der Waals surface area contributed by atoms with Crippen molar-refractivity contribution in [1.29, 1.82) is 0 Å². The number of hydrogen-bond donors (Lipinski definition) is 1. The van der Waals surface area contributed by atoms with Crippen molar-refractivity contribution in [3.05, 3.63) is 71.3 Å². The van der Waals surface area contributed by atoms with Crippen LogP contribution in [0.25, 0.3) is 11.3 Å². The first-order chi connectivity index (χ1) is 16.4. The molecule has 0 fully saturated rings. The number of aryl methyl sites for hydroxylation is 1. The predicted molar refractivity (Wildman–Crippen MR) is 136 cm³/mol. The van der Waals surface area contributed by atoms with E-state index < -0.39 is 6.10 Å². The predicted octanol–water partition coefficient (Wildman–Crippen LogP) is 4.51. The average molecular weight is 462 g/mol. The molecule has 1 N–H and O–H groups in total. The minimum Gasteiger partial charge on any atom is -0.389 e. The van der Waals surface area contributed by atoms with Gasteiger partial charge in [0.25, 0.3) is 0 Å². The summed E-state index contributed by atoms with van der Waals surface area (Å²) in [6.45, 7) is 8.32. The molecule has 6 heteroatoms. The lowest BCUT2D eigenvalue weighted by Gasteiger charge is -2.27. The van der Waals surface area contributed by atoms with Gasteiger partial charge in [0.15, 0.2) is 0 Å². The average Bonchev–Trinajstić information content (AvgIpc) is 3.22. The third-order valence-corrected chi connectivity index (χ3v) is 5.74. The van der Waals surface area contributed by atoms with Gasteiger partial charge in [0.2, 0.25) is 5.88 Å². The van der Waals surface area contributed by atoms with Crippen LogP contribution in [0.3, 0.4) is 0 Å². The SMILES string of the molecule is C#CCOC[C@@H](O)CN(Cc1cccc(C)c1)Cc1c(-c2ccccc2)noc1N(C)C(C)C. The number of ether oxygens (including phenoxy) is 1. The first kappa shape index (κ1) is 25.5. The molecule has 0 bridgehead atoms. The minimum atomic E-state index is -0.676. The molecule has 0 amide bonds. The van der Waals surface area contributed by atoms with Gasteiger partial charge in [-0.2, -0.15) is 0 Å². The number of terminal acetylenes is 1. The second-order valence-corrected chi connectivity index (χ2v) is 8.92. The van der Waals surface area contributed by atoms with Crippen molar-refractivity contribution >= 4 is 5.88 Å². The second-order valence-electron chi connectivity index (χ2n) is 8.92. The summed E-state index contributed by atoms with van der Waals surface area (Å²) in [4.78, 5) is 4.29. The highest BCUT2D eigenvalue weighted by Gasteiger charge is 2.25. The fourth-order valence-electron chi connectivity index (χ4n) is 3.86. The molecule has 0 aliphatic carbocycles. The summed E-state index contributed by atoms with van der Waals surface area (Å²) in [7, 11) is 2.01. The van der Waals surface area contributed by atoms with E-state index in [9.17, 15) is 5.11 Å². The van der Waals surface area contributed by atoms with Gasteiger partial charge in [-0.15, -0.1) is 6.42 Å². The molecule has 0 radical (unpaired) electrons. The molecule has 1 heterocycles. The number of anilines is 1. The van der Waals surface area contributed by atoms with Gasteiger partial charge in [0.1, 0.15) is 12.3 Å². The zero-order chi connectivity index (χ0) is 24.5. The number of hydrogen-bond acceptors (Lipinski definition) is 6. The van der Waals surface area contributed by atoms with Gasteiger partial charge in [0.05, 0.1) is 18.3 Å². The number of rotatable bonds is 12. The van der Waals surface area contributed by atoms with Crippen molar-refractivity contribution in [1.82, 2.24) is 10.1 Å². The summed E-state index contributed by atoms with van der Waals surface area (Å²) in [5, 5.41) is 15.1. The number of nitrogens with zero attached hydrogens (tertiary/aromatic N) is 3. The Bertz CT molecular complexity index is 1070. The summed E-state index contributed by atoms with van der Waals surface area (Å²) in [6.07, 6.45) is 4.60. The highest BCUT2D eigenvalue weighted by atomic mass is 16.5. The summed E-state index contributed by atoms with van der Waals surface area (Å²) < 4.78 is 11.3. The Hall–Kier alpha value is -3.11. The van der Waals surface area contributed by atoms with Crippen LogP contribution < -0.4 is 4.90 Å². The molecular weight excluding hydrogens is 426 g/mol. The highest BCUT2D eigenvalue weighted by Crippen LogP contribution is 2.33. The monoisotopic (exact) mass is 461 g/mol. The third-order valence-electron chi connectivity index (χ3n) is 5.74. The van der Waals surface area contributed by atoms with Gasteiger partial charge in [-0.25, -0.2) is 0 Å². The molecule has 0 spiro atoms. The molecule has 0 aliphatic heterocycles. The molecule has 1 aromatic heterocycles. The zero-order valence-corrected chi connectivity index (χ0v) is 20.6. The van der Waals surface area contributed by atoms with E-state index in [0.29, 0.717) is 19.6 Å². The van der Waals surface area contributed by atoms with E-state index in [-0.39, 0.29) is 19.3 Å². The van der Waals surface area contributed by atoms with Crippen LogP contribution in [0.5, 0.6) is 0 Å². The quantitative estimate of drug-likeness (QED) is 0.316. The standard InChI is InChI=1S/C28H35N3O3/c1-6-15-33-20-25(32)18-31(17-23-12-10-11-22(4)16-23)19-26-27(24-13-8-7-9-14-24)29-34-28(26)30(5)21(2)3/h1,7-14,16,21,25,32H,15,17-20H2,2-5H3/t25-/m0/s1. The van der Waals surface area contributed by atoms with E-state index in [1.165, 1.54) is 11.1 Å². The van der Waals surface area contributed by atoms with Crippen LogP contribution >= 0.6 is 0 Å². The van der Waals surface area contributed by atoms with Crippen LogP contribution in [0, 0.1) is 19.3 Å². The van der Waals surface area contributed by atoms with Crippen molar-refractivity contribution in [2.45, 2.75) is 46.0 Å². The Kier molecular flexibility index (Phi) is 9.29. The Morgan fingerprint density at radius 3 is 2.56 bits per heavy atom. The molecule has 3 aromatic rings. The zero-order valence-electron chi connectivity index (χ0n) is 20.6. The van der Waals surface area contributed by atoms with Gasteiger partial charge in [-0.3, -0.25) is 4.90 Å². The summed E-state index contributed by atoms with van der Waals surface area (Å²) >= 11 is 0. The van der Waals surface area contributed by atoms with Gasteiger partial charge in [0, 0.05) is 38.3 Å². The van der Waals surface area contributed by atoms with Crippen LogP contribution in [0.1, 0.15) is 30.5 Å². The molecular formula is C28H35N3O3. The van der Waals surface area contributed by atoms with Crippen molar-refractivity contribution in [3.8, 4) is 23.6 Å². The van der Waals surface area contributed by atoms with E-state index in [1.807, 2.05) is 37.4 Å². The fourth-order valence-corrected chi connectivity index (χ4v) is 3.86. The lowest BCUT2D eigenvalue weighted by Crippen LogP contribution is -2.35. The Morgan fingerprint density at radius 2 is 1.88 bits per heavy atom. The maximum Gasteiger partial charge on any atom is 0.232 e. The molecule has 0 aliphatic rings. The summed E-state index contributed by atoms with van der Waals surface area (Å²) in [5.41, 5.74) is 5.18. The number of aliphatic hydroxyl groups is 1. The third kappa shape index (κ3) is 6.94. The topological polar surface area (TPSA) is 62.0 Å². The molecule has 0 saturated carbocycles. The van der Waals surface area contributed by atoms with Gasteiger partial charge in [-0.1, -0.05) is 71.2 Å². The number of aliphatic hydroxyl groups excluding tert-OH is 1. The van der Waals surface area contributed by atoms with Crippen molar-refractivity contribution in [3.63, 3.8) is 0 Å². The first-order valence-electron chi connectivity index (χ1n) is 11.6. The summed E-state index contributed by atoms with van der Waals surface area (Å²) in [5.74, 6) is 3.18. The van der Waals surface area contributed by atoms with Crippen molar-refractivity contribution in [2.75, 3.05) is 31.7 Å². The van der Waals surface area contributed by atoms with Crippen LogP contribution in [-0.2, 0) is 17.8 Å². The number of aromatic nitrogens is 1.